The van der Waals surface area contributed by atoms with Gasteiger partial charge in [0.05, 0.1) is 30.1 Å². The predicted molar refractivity (Wildman–Crippen MR) is 85.1 cm³/mol. The topological polar surface area (TPSA) is 99.8 Å². The fourth-order valence-corrected chi connectivity index (χ4v) is 3.75. The maximum absolute atomic E-state index is 11.5. The maximum atomic E-state index is 11.5. The van der Waals surface area contributed by atoms with Crippen LogP contribution in [0.3, 0.4) is 0 Å². The molecule has 1 aliphatic heterocycles. The van der Waals surface area contributed by atoms with Crippen LogP contribution in [0.25, 0.3) is 5.52 Å². The molecule has 120 valence electrons. The van der Waals surface area contributed by atoms with E-state index in [2.05, 4.69) is 31.3 Å². The van der Waals surface area contributed by atoms with E-state index in [4.69, 9.17) is 0 Å². The highest BCUT2D eigenvalue weighted by Crippen LogP contribution is 2.18. The summed E-state index contributed by atoms with van der Waals surface area (Å²) in [6.07, 6.45) is 2.50. The van der Waals surface area contributed by atoms with Gasteiger partial charge in [0.1, 0.15) is 4.60 Å². The van der Waals surface area contributed by atoms with E-state index in [1.165, 1.54) is 4.31 Å². The number of β-amino-alcohol motifs (C(OH)–C–C–N with tert-alkyl or cyclic N) is 1. The Labute approximate surface area is 136 Å². The molecular weight excluding hydrogens is 374 g/mol. The van der Waals surface area contributed by atoms with Crippen molar-refractivity contribution in [3.63, 3.8) is 0 Å². The molecule has 3 rings (SSSR count). The van der Waals surface area contributed by atoms with Crippen LogP contribution in [0.5, 0.6) is 0 Å². The minimum atomic E-state index is -3.28. The van der Waals surface area contributed by atoms with Gasteiger partial charge in [-0.3, -0.25) is 0 Å². The second-order valence-corrected chi connectivity index (χ2v) is 8.10. The van der Waals surface area contributed by atoms with E-state index in [1.807, 2.05) is 12.1 Å². The van der Waals surface area contributed by atoms with E-state index < -0.39 is 16.1 Å². The van der Waals surface area contributed by atoms with Crippen LogP contribution in [0, 0.1) is 0 Å². The molecular formula is C12H16BrN5O3S. The molecule has 2 N–H and O–H groups in total. The molecule has 1 saturated heterocycles. The minimum Gasteiger partial charge on any atom is -0.390 e. The van der Waals surface area contributed by atoms with Crippen molar-refractivity contribution in [3.8, 4) is 0 Å². The number of rotatable bonds is 3. The Morgan fingerprint density at radius 2 is 2.23 bits per heavy atom. The molecule has 0 spiro atoms. The lowest BCUT2D eigenvalue weighted by molar-refractivity contribution is 0.0950. The molecule has 2 aromatic rings. The van der Waals surface area contributed by atoms with Crippen LogP contribution in [0.4, 0.5) is 5.95 Å². The molecule has 10 heteroatoms. The fraction of sp³-hybridized carbons (Fsp3) is 0.500. The van der Waals surface area contributed by atoms with E-state index >= 15 is 0 Å². The fourth-order valence-electron chi connectivity index (χ4n) is 2.47. The lowest BCUT2D eigenvalue weighted by atomic mass is 10.0. The molecule has 0 radical (unpaired) electrons. The number of nitrogens with one attached hydrogen (secondary N) is 1. The molecule has 2 unspecified atom stereocenters. The van der Waals surface area contributed by atoms with Crippen LogP contribution in [0.1, 0.15) is 6.42 Å². The van der Waals surface area contributed by atoms with Gasteiger partial charge in [-0.2, -0.15) is 4.31 Å². The number of aromatic nitrogens is 3. The molecule has 0 saturated carbocycles. The summed E-state index contributed by atoms with van der Waals surface area (Å²) in [6.45, 7) is 0.439. The number of hydrogen-bond acceptors (Lipinski definition) is 6. The van der Waals surface area contributed by atoms with E-state index in [9.17, 15) is 13.5 Å². The van der Waals surface area contributed by atoms with Gasteiger partial charge >= 0.3 is 0 Å². The molecule has 0 aromatic carbocycles. The summed E-state index contributed by atoms with van der Waals surface area (Å²) in [6, 6.07) is 3.46. The Bertz CT molecular complexity index is 793. The first-order valence-electron chi connectivity index (χ1n) is 6.74. The van der Waals surface area contributed by atoms with Crippen molar-refractivity contribution in [2.75, 3.05) is 24.7 Å². The Balaban J connectivity index is 1.74. The number of aliphatic hydroxyl groups excluding tert-OH is 1. The highest BCUT2D eigenvalue weighted by atomic mass is 79.9. The minimum absolute atomic E-state index is 0.0754. The summed E-state index contributed by atoms with van der Waals surface area (Å²) in [5.41, 5.74) is 0.852. The summed E-state index contributed by atoms with van der Waals surface area (Å²) < 4.78 is 26.8. The van der Waals surface area contributed by atoms with E-state index in [0.717, 1.165) is 16.4 Å². The number of nitrogens with zero attached hydrogens (tertiary/aromatic N) is 4. The molecule has 8 nitrogen and oxygen atoms in total. The van der Waals surface area contributed by atoms with Gasteiger partial charge in [-0.15, -0.1) is 5.10 Å². The number of halogens is 1. The molecule has 1 aliphatic rings. The summed E-state index contributed by atoms with van der Waals surface area (Å²) in [4.78, 5) is 4.21. The highest BCUT2D eigenvalue weighted by Gasteiger charge is 2.32. The zero-order valence-corrected chi connectivity index (χ0v) is 14.2. The van der Waals surface area contributed by atoms with Gasteiger partial charge in [0.2, 0.25) is 16.0 Å². The zero-order valence-electron chi connectivity index (χ0n) is 11.8. The van der Waals surface area contributed by atoms with Crippen LogP contribution in [-0.2, 0) is 10.0 Å². The molecule has 3 heterocycles. The lowest BCUT2D eigenvalue weighted by Gasteiger charge is -2.34. The maximum Gasteiger partial charge on any atom is 0.241 e. The van der Waals surface area contributed by atoms with Crippen LogP contribution in [0.15, 0.2) is 22.9 Å². The molecule has 0 bridgehead atoms. The Hall–Kier alpha value is -1.23. The van der Waals surface area contributed by atoms with Crippen molar-refractivity contribution in [2.45, 2.75) is 18.6 Å². The number of aliphatic hydroxyl groups is 1. The monoisotopic (exact) mass is 389 g/mol. The SMILES string of the molecule is CS(=O)(=O)N1CCC(Nc2ncc3ccc(Br)n3n2)C(O)C1. The molecule has 1 fully saturated rings. The van der Waals surface area contributed by atoms with Crippen molar-refractivity contribution in [2.24, 2.45) is 0 Å². The molecule has 0 amide bonds. The molecule has 22 heavy (non-hydrogen) atoms. The Kier molecular flexibility index (Phi) is 4.10. The largest absolute Gasteiger partial charge is 0.390 e. The van der Waals surface area contributed by atoms with Gasteiger partial charge < -0.3 is 10.4 Å². The number of sulfonamides is 1. The van der Waals surface area contributed by atoms with Gasteiger partial charge in [0.25, 0.3) is 0 Å². The van der Waals surface area contributed by atoms with Gasteiger partial charge in [-0.25, -0.2) is 17.9 Å². The second kappa shape index (κ2) is 5.76. The van der Waals surface area contributed by atoms with Crippen molar-refractivity contribution in [1.82, 2.24) is 18.9 Å². The molecule has 0 aliphatic carbocycles. The van der Waals surface area contributed by atoms with Crippen LogP contribution < -0.4 is 5.32 Å². The Morgan fingerprint density at radius 3 is 2.91 bits per heavy atom. The summed E-state index contributed by atoms with van der Waals surface area (Å²) >= 11 is 3.39. The average molecular weight is 390 g/mol. The molecule has 2 aromatic heterocycles. The molecule has 2 atom stereocenters. The Morgan fingerprint density at radius 1 is 1.45 bits per heavy atom. The summed E-state index contributed by atoms with van der Waals surface area (Å²) in [7, 11) is -3.28. The van der Waals surface area contributed by atoms with Crippen LogP contribution in [-0.4, -0.2) is 63.9 Å². The van der Waals surface area contributed by atoms with E-state index in [1.54, 1.807) is 10.7 Å². The standard InChI is InChI=1S/C12H16BrN5O3S/c1-22(20,21)17-5-4-9(10(19)7-17)15-12-14-6-8-2-3-11(13)18(8)16-12/h2-3,6,9-10,19H,4-5,7H2,1H3,(H,15,16). The number of anilines is 1. The van der Waals surface area contributed by atoms with Gasteiger partial charge in [-0.1, -0.05) is 0 Å². The third-order valence-corrected chi connectivity index (χ3v) is 5.55. The van der Waals surface area contributed by atoms with E-state index in [-0.39, 0.29) is 12.6 Å². The first-order chi connectivity index (χ1) is 10.3. The quantitative estimate of drug-likeness (QED) is 0.782. The van der Waals surface area contributed by atoms with Crippen molar-refractivity contribution in [3.05, 3.63) is 22.9 Å². The summed E-state index contributed by atoms with van der Waals surface area (Å²) in [5, 5.41) is 17.6. The zero-order chi connectivity index (χ0) is 15.9. The third kappa shape index (κ3) is 3.09. The van der Waals surface area contributed by atoms with Crippen LogP contribution >= 0.6 is 15.9 Å². The lowest BCUT2D eigenvalue weighted by Crippen LogP contribution is -2.51. The normalized spacial score (nSPS) is 23.8. The van der Waals surface area contributed by atoms with Crippen molar-refractivity contribution >= 4 is 37.4 Å². The smallest absolute Gasteiger partial charge is 0.241 e. The number of piperidine rings is 1. The highest BCUT2D eigenvalue weighted by molar-refractivity contribution is 9.10. The van der Waals surface area contributed by atoms with E-state index in [0.29, 0.717) is 18.9 Å². The van der Waals surface area contributed by atoms with Gasteiger partial charge in [0.15, 0.2) is 0 Å². The number of hydrogen-bond donors (Lipinski definition) is 2. The number of fused-ring (bicyclic) bond motifs is 1. The average Bonchev–Trinajstić information content (AvgIpc) is 2.81. The van der Waals surface area contributed by atoms with Gasteiger partial charge in [0, 0.05) is 13.1 Å². The van der Waals surface area contributed by atoms with Gasteiger partial charge in [-0.05, 0) is 34.5 Å². The van der Waals surface area contributed by atoms with Crippen molar-refractivity contribution < 1.29 is 13.5 Å². The first kappa shape index (κ1) is 15.7. The first-order valence-corrected chi connectivity index (χ1v) is 9.39. The van der Waals surface area contributed by atoms with Crippen LogP contribution in [0.2, 0.25) is 0 Å². The van der Waals surface area contributed by atoms with Crippen molar-refractivity contribution in [1.29, 1.82) is 0 Å². The second-order valence-electron chi connectivity index (χ2n) is 5.30. The third-order valence-electron chi connectivity index (χ3n) is 3.68. The predicted octanol–water partition coefficient (Wildman–Crippen LogP) is 0.298. The summed E-state index contributed by atoms with van der Waals surface area (Å²) in [5.74, 6) is 0.390.